The van der Waals surface area contributed by atoms with E-state index in [2.05, 4.69) is 15.0 Å². The molecule has 0 aliphatic heterocycles. The molecule has 0 radical (unpaired) electrons. The number of benzene rings is 1. The van der Waals surface area contributed by atoms with E-state index in [-0.39, 0.29) is 6.61 Å². The highest BCUT2D eigenvalue weighted by Crippen LogP contribution is 2.37. The van der Waals surface area contributed by atoms with Crippen LogP contribution in [0.2, 0.25) is 5.15 Å². The van der Waals surface area contributed by atoms with Crippen molar-refractivity contribution in [3.63, 3.8) is 0 Å². The van der Waals surface area contributed by atoms with Crippen LogP contribution < -0.4 is 9.47 Å². The lowest BCUT2D eigenvalue weighted by Crippen LogP contribution is -2.07. The van der Waals surface area contributed by atoms with Gasteiger partial charge in [0, 0.05) is 36.6 Å². The number of hydrogen-bond donors (Lipinski definition) is 0. The molecule has 0 bridgehead atoms. The number of pyridine rings is 2. The molecule has 4 rings (SSSR count). The molecule has 176 valence electrons. The summed E-state index contributed by atoms with van der Waals surface area (Å²) in [5.41, 5.74) is 2.86. The van der Waals surface area contributed by atoms with Crippen LogP contribution in [-0.2, 0) is 19.8 Å². The second-order valence-corrected chi connectivity index (χ2v) is 7.87. The second-order valence-electron chi connectivity index (χ2n) is 7.48. The van der Waals surface area contributed by atoms with Gasteiger partial charge in [0.15, 0.2) is 0 Å². The molecular formula is C24H20ClF3N4O2. The highest BCUT2D eigenvalue weighted by atomic mass is 35.5. The summed E-state index contributed by atoms with van der Waals surface area (Å²) in [4.78, 5) is 12.6. The van der Waals surface area contributed by atoms with E-state index in [0.29, 0.717) is 22.3 Å². The summed E-state index contributed by atoms with van der Waals surface area (Å²) in [6, 6.07) is 11.2. The molecule has 34 heavy (non-hydrogen) atoms. The summed E-state index contributed by atoms with van der Waals surface area (Å²) in [5.74, 6) is 1.78. The molecule has 1 aromatic carbocycles. The molecule has 0 N–H and O–H groups in total. The quantitative estimate of drug-likeness (QED) is 0.306. The lowest BCUT2D eigenvalue weighted by molar-refractivity contribution is -0.137. The van der Waals surface area contributed by atoms with Gasteiger partial charge in [0.1, 0.15) is 29.1 Å². The van der Waals surface area contributed by atoms with Crippen LogP contribution in [0.25, 0.3) is 22.6 Å². The number of hydrogen-bond acceptors (Lipinski definition) is 5. The SMILES string of the molecule is COc1cc(OCc2ccc(C(F)(F)F)cn2)ccc1-c1c(C)nc(-c2ccc(Cl)nc2)n1C. The fourth-order valence-electron chi connectivity index (χ4n) is 3.57. The van der Waals surface area contributed by atoms with Crippen molar-refractivity contribution in [2.24, 2.45) is 7.05 Å². The van der Waals surface area contributed by atoms with Gasteiger partial charge in [0.2, 0.25) is 0 Å². The molecule has 0 atom stereocenters. The lowest BCUT2D eigenvalue weighted by Gasteiger charge is -2.14. The third kappa shape index (κ3) is 4.84. The molecule has 4 aromatic rings. The molecule has 0 aliphatic carbocycles. The first-order chi connectivity index (χ1) is 16.2. The van der Waals surface area contributed by atoms with Crippen LogP contribution in [0.1, 0.15) is 17.0 Å². The Bertz CT molecular complexity index is 1300. The van der Waals surface area contributed by atoms with E-state index in [1.54, 1.807) is 31.5 Å². The number of imidazole rings is 1. The second kappa shape index (κ2) is 9.34. The number of ether oxygens (including phenoxy) is 2. The first-order valence-corrected chi connectivity index (χ1v) is 10.5. The Morgan fingerprint density at radius 2 is 1.82 bits per heavy atom. The molecule has 0 fully saturated rings. The molecule has 0 saturated carbocycles. The largest absolute Gasteiger partial charge is 0.496 e. The maximum absolute atomic E-state index is 12.7. The summed E-state index contributed by atoms with van der Waals surface area (Å²) in [6.07, 6.45) is -1.97. The molecule has 10 heteroatoms. The number of nitrogens with zero attached hydrogens (tertiary/aromatic N) is 4. The van der Waals surface area contributed by atoms with Crippen molar-refractivity contribution in [2.45, 2.75) is 19.7 Å². The van der Waals surface area contributed by atoms with E-state index in [4.69, 9.17) is 21.1 Å². The van der Waals surface area contributed by atoms with Crippen LogP contribution >= 0.6 is 11.6 Å². The van der Waals surface area contributed by atoms with Gasteiger partial charge in [-0.05, 0) is 43.3 Å². The topological polar surface area (TPSA) is 62.1 Å². The zero-order chi connectivity index (χ0) is 24.5. The molecule has 3 aromatic heterocycles. The van der Waals surface area contributed by atoms with Crippen LogP contribution in [0.4, 0.5) is 13.2 Å². The Morgan fingerprint density at radius 3 is 2.44 bits per heavy atom. The number of halogens is 4. The zero-order valence-corrected chi connectivity index (χ0v) is 19.3. The minimum Gasteiger partial charge on any atom is -0.496 e. The summed E-state index contributed by atoms with van der Waals surface area (Å²) in [5, 5.41) is 0.402. The van der Waals surface area contributed by atoms with Gasteiger partial charge in [0.25, 0.3) is 0 Å². The van der Waals surface area contributed by atoms with E-state index >= 15 is 0 Å². The average molecular weight is 489 g/mol. The van der Waals surface area contributed by atoms with Gasteiger partial charge < -0.3 is 14.0 Å². The number of alkyl halides is 3. The normalized spacial score (nSPS) is 11.5. The van der Waals surface area contributed by atoms with E-state index in [0.717, 1.165) is 40.6 Å². The van der Waals surface area contributed by atoms with Crippen LogP contribution in [0.15, 0.2) is 54.9 Å². The van der Waals surface area contributed by atoms with E-state index < -0.39 is 11.7 Å². The molecule has 3 heterocycles. The van der Waals surface area contributed by atoms with Gasteiger partial charge >= 0.3 is 6.18 Å². The van der Waals surface area contributed by atoms with E-state index in [1.165, 1.54) is 6.07 Å². The van der Waals surface area contributed by atoms with Crippen LogP contribution in [-0.4, -0.2) is 26.6 Å². The maximum Gasteiger partial charge on any atom is 0.417 e. The Morgan fingerprint density at radius 1 is 1.03 bits per heavy atom. The molecule has 0 aliphatic rings. The summed E-state index contributed by atoms with van der Waals surface area (Å²) in [6.45, 7) is 1.92. The number of aromatic nitrogens is 4. The van der Waals surface area contributed by atoms with Gasteiger partial charge in [-0.3, -0.25) is 4.98 Å². The number of methoxy groups -OCH3 is 1. The fraction of sp³-hybridized carbons (Fsp3) is 0.208. The van der Waals surface area contributed by atoms with E-state index in [1.807, 2.05) is 30.7 Å². The lowest BCUT2D eigenvalue weighted by atomic mass is 10.1. The van der Waals surface area contributed by atoms with Crippen LogP contribution in [0.5, 0.6) is 11.5 Å². The van der Waals surface area contributed by atoms with E-state index in [9.17, 15) is 13.2 Å². The Hall–Kier alpha value is -3.59. The maximum atomic E-state index is 12.7. The Labute approximate surface area is 199 Å². The van der Waals surface area contributed by atoms with Gasteiger partial charge in [0.05, 0.1) is 29.8 Å². The van der Waals surface area contributed by atoms with Gasteiger partial charge in [-0.25, -0.2) is 9.97 Å². The van der Waals surface area contributed by atoms with Gasteiger partial charge in [-0.15, -0.1) is 0 Å². The average Bonchev–Trinajstić information content (AvgIpc) is 3.11. The minimum atomic E-state index is -4.43. The van der Waals surface area contributed by atoms with Crippen LogP contribution in [0, 0.1) is 6.92 Å². The summed E-state index contributed by atoms with van der Waals surface area (Å²) in [7, 11) is 3.45. The molecule has 0 saturated heterocycles. The monoisotopic (exact) mass is 488 g/mol. The highest BCUT2D eigenvalue weighted by molar-refractivity contribution is 6.29. The van der Waals surface area contributed by atoms with Gasteiger partial charge in [-0.1, -0.05) is 11.6 Å². The predicted molar refractivity (Wildman–Crippen MR) is 122 cm³/mol. The highest BCUT2D eigenvalue weighted by Gasteiger charge is 2.30. The van der Waals surface area contributed by atoms with Crippen molar-refractivity contribution in [1.29, 1.82) is 0 Å². The number of aryl methyl sites for hydroxylation is 1. The Kier molecular flexibility index (Phi) is 6.47. The van der Waals surface area contributed by atoms with Crippen molar-refractivity contribution in [2.75, 3.05) is 7.11 Å². The minimum absolute atomic E-state index is 0.0130. The number of rotatable bonds is 6. The smallest absolute Gasteiger partial charge is 0.417 e. The third-order valence-corrected chi connectivity index (χ3v) is 5.45. The van der Waals surface area contributed by atoms with Crippen LogP contribution in [0.3, 0.4) is 0 Å². The van der Waals surface area contributed by atoms with Crippen molar-refractivity contribution >= 4 is 11.6 Å². The van der Waals surface area contributed by atoms with Gasteiger partial charge in [-0.2, -0.15) is 13.2 Å². The van der Waals surface area contributed by atoms with Crippen molar-refractivity contribution in [1.82, 2.24) is 19.5 Å². The molecular weight excluding hydrogens is 469 g/mol. The molecule has 0 amide bonds. The third-order valence-electron chi connectivity index (χ3n) is 5.22. The fourth-order valence-corrected chi connectivity index (χ4v) is 3.68. The van der Waals surface area contributed by atoms with Crippen molar-refractivity contribution < 1.29 is 22.6 Å². The predicted octanol–water partition coefficient (Wildman–Crippen LogP) is 6.11. The molecule has 6 nitrogen and oxygen atoms in total. The summed E-state index contributed by atoms with van der Waals surface area (Å²) < 4.78 is 51.4. The molecule has 0 spiro atoms. The standard InChI is InChI=1S/C24H20ClF3N4O2/c1-14-22(32(2)23(31-14)15-4-9-21(25)30-11-15)19-8-7-18(10-20(19)33-3)34-13-17-6-5-16(12-29-17)24(26,27)28/h4-12H,13H2,1-3H3. The molecule has 0 unspecified atom stereocenters. The zero-order valence-electron chi connectivity index (χ0n) is 18.5. The Balaban J connectivity index is 1.58. The van der Waals surface area contributed by atoms with Crippen molar-refractivity contribution in [3.8, 4) is 34.1 Å². The summed E-state index contributed by atoms with van der Waals surface area (Å²) >= 11 is 5.90. The first kappa shape index (κ1) is 23.6. The van der Waals surface area contributed by atoms with Crippen molar-refractivity contribution in [3.05, 3.63) is 77.0 Å². The first-order valence-electron chi connectivity index (χ1n) is 10.2.